The predicted octanol–water partition coefficient (Wildman–Crippen LogP) is 3.31. The molecule has 1 heterocycles. The highest BCUT2D eigenvalue weighted by atomic mass is 19.2. The maximum Gasteiger partial charge on any atom is 0.163 e. The molecule has 0 aliphatic rings. The van der Waals surface area contributed by atoms with Gasteiger partial charge in [0.2, 0.25) is 0 Å². The highest BCUT2D eigenvalue weighted by Crippen LogP contribution is 2.14. The molecular weight excluding hydrogens is 246 g/mol. The monoisotopic (exact) mass is 264 g/mol. The van der Waals surface area contributed by atoms with Crippen molar-refractivity contribution in [2.75, 3.05) is 6.54 Å². The van der Waals surface area contributed by atoms with Crippen LogP contribution in [0, 0.1) is 11.6 Å². The van der Waals surface area contributed by atoms with Gasteiger partial charge in [0.1, 0.15) is 0 Å². The van der Waals surface area contributed by atoms with Crippen LogP contribution in [0.3, 0.4) is 0 Å². The van der Waals surface area contributed by atoms with Crippen LogP contribution in [0.4, 0.5) is 8.78 Å². The fraction of sp³-hybridized carbons (Fsp3) is 0.333. The van der Waals surface area contributed by atoms with Crippen molar-refractivity contribution in [2.45, 2.75) is 26.4 Å². The quantitative estimate of drug-likeness (QED) is 0.792. The summed E-state index contributed by atoms with van der Waals surface area (Å²) in [5.74, 6) is -1.56. The van der Waals surface area contributed by atoms with Crippen molar-refractivity contribution in [1.29, 1.82) is 0 Å². The molecule has 2 nitrogen and oxygen atoms in total. The molecule has 2 aromatic rings. The minimum Gasteiger partial charge on any atom is -0.346 e. The molecule has 4 heteroatoms. The van der Waals surface area contributed by atoms with Gasteiger partial charge < -0.3 is 9.88 Å². The van der Waals surface area contributed by atoms with Crippen LogP contribution in [0.15, 0.2) is 36.5 Å². The SMILES string of the molecule is CCCNCc1cccn1Cc1cccc(F)c1F. The zero-order chi connectivity index (χ0) is 13.7. The van der Waals surface area contributed by atoms with E-state index >= 15 is 0 Å². The van der Waals surface area contributed by atoms with E-state index in [1.165, 1.54) is 6.07 Å². The number of halogens is 2. The molecule has 0 amide bonds. The molecule has 1 N–H and O–H groups in total. The maximum atomic E-state index is 13.6. The zero-order valence-electron chi connectivity index (χ0n) is 11.0. The van der Waals surface area contributed by atoms with E-state index in [9.17, 15) is 8.78 Å². The van der Waals surface area contributed by atoms with E-state index in [0.717, 1.165) is 31.3 Å². The van der Waals surface area contributed by atoms with Crippen molar-refractivity contribution in [2.24, 2.45) is 0 Å². The summed E-state index contributed by atoms with van der Waals surface area (Å²) in [5, 5.41) is 3.30. The Bertz CT molecular complexity index is 535. The lowest BCUT2D eigenvalue weighted by Gasteiger charge is -2.11. The Labute approximate surface area is 112 Å². The molecule has 0 spiro atoms. The van der Waals surface area contributed by atoms with Crippen LogP contribution in [0.25, 0.3) is 0 Å². The Hall–Kier alpha value is -1.68. The average molecular weight is 264 g/mol. The molecular formula is C15H18F2N2. The highest BCUT2D eigenvalue weighted by Gasteiger charge is 2.09. The number of hydrogen-bond donors (Lipinski definition) is 1. The van der Waals surface area contributed by atoms with Gasteiger partial charge in [0.05, 0.1) is 6.54 Å². The Balaban J connectivity index is 2.11. The summed E-state index contributed by atoms with van der Waals surface area (Å²) >= 11 is 0. The van der Waals surface area contributed by atoms with Crippen molar-refractivity contribution in [1.82, 2.24) is 9.88 Å². The molecule has 0 aliphatic heterocycles. The van der Waals surface area contributed by atoms with Gasteiger partial charge in [-0.3, -0.25) is 0 Å². The van der Waals surface area contributed by atoms with E-state index in [-0.39, 0.29) is 0 Å². The van der Waals surface area contributed by atoms with E-state index in [4.69, 9.17) is 0 Å². The first kappa shape index (κ1) is 13.7. The smallest absolute Gasteiger partial charge is 0.163 e. The molecule has 0 unspecified atom stereocenters. The third-order valence-corrected chi connectivity index (χ3v) is 3.03. The molecule has 0 bridgehead atoms. The molecule has 0 saturated heterocycles. The van der Waals surface area contributed by atoms with Crippen LogP contribution in [-0.4, -0.2) is 11.1 Å². The van der Waals surface area contributed by atoms with Gasteiger partial charge in [-0.25, -0.2) is 8.78 Å². The molecule has 0 aliphatic carbocycles. The minimum absolute atomic E-state index is 0.347. The highest BCUT2D eigenvalue weighted by molar-refractivity contribution is 5.21. The molecule has 0 saturated carbocycles. The number of nitrogens with one attached hydrogen (secondary N) is 1. The summed E-state index contributed by atoms with van der Waals surface area (Å²) < 4.78 is 28.7. The van der Waals surface area contributed by atoms with E-state index in [0.29, 0.717) is 12.1 Å². The summed E-state index contributed by atoms with van der Waals surface area (Å²) in [5.41, 5.74) is 1.44. The Kier molecular flexibility index (Phi) is 4.68. The van der Waals surface area contributed by atoms with Gasteiger partial charge in [0.25, 0.3) is 0 Å². The number of nitrogens with zero attached hydrogens (tertiary/aromatic N) is 1. The van der Waals surface area contributed by atoms with Gasteiger partial charge in [-0.15, -0.1) is 0 Å². The fourth-order valence-corrected chi connectivity index (χ4v) is 2.01. The number of rotatable bonds is 6. The largest absolute Gasteiger partial charge is 0.346 e. The zero-order valence-corrected chi connectivity index (χ0v) is 11.0. The third kappa shape index (κ3) is 3.41. The van der Waals surface area contributed by atoms with Gasteiger partial charge in [-0.1, -0.05) is 19.1 Å². The van der Waals surface area contributed by atoms with Gasteiger partial charge in [0, 0.05) is 24.0 Å². The topological polar surface area (TPSA) is 17.0 Å². The van der Waals surface area contributed by atoms with Crippen LogP contribution in [0.2, 0.25) is 0 Å². The second kappa shape index (κ2) is 6.48. The van der Waals surface area contributed by atoms with E-state index in [1.54, 1.807) is 6.07 Å². The first-order valence-electron chi connectivity index (χ1n) is 6.50. The molecule has 1 aromatic heterocycles. The van der Waals surface area contributed by atoms with E-state index in [2.05, 4.69) is 12.2 Å². The van der Waals surface area contributed by atoms with E-state index < -0.39 is 11.6 Å². The molecule has 0 fully saturated rings. The Morgan fingerprint density at radius 2 is 2.00 bits per heavy atom. The van der Waals surface area contributed by atoms with Crippen LogP contribution >= 0.6 is 0 Å². The van der Waals surface area contributed by atoms with Crippen molar-refractivity contribution < 1.29 is 8.78 Å². The second-order valence-electron chi connectivity index (χ2n) is 4.52. The molecule has 0 atom stereocenters. The molecule has 1 aromatic carbocycles. The minimum atomic E-state index is -0.796. The Morgan fingerprint density at radius 3 is 2.79 bits per heavy atom. The first-order chi connectivity index (χ1) is 9.22. The van der Waals surface area contributed by atoms with E-state index in [1.807, 2.05) is 22.9 Å². The van der Waals surface area contributed by atoms with Crippen molar-refractivity contribution >= 4 is 0 Å². The maximum absolute atomic E-state index is 13.6. The van der Waals surface area contributed by atoms with Crippen molar-refractivity contribution in [3.63, 3.8) is 0 Å². The van der Waals surface area contributed by atoms with Crippen molar-refractivity contribution in [3.05, 3.63) is 59.4 Å². The van der Waals surface area contributed by atoms with Gasteiger partial charge in [-0.05, 0) is 31.2 Å². The molecule has 102 valence electrons. The fourth-order valence-electron chi connectivity index (χ4n) is 2.01. The average Bonchev–Trinajstić information content (AvgIpc) is 2.83. The number of hydrogen-bond acceptors (Lipinski definition) is 1. The predicted molar refractivity (Wildman–Crippen MR) is 71.9 cm³/mol. The van der Waals surface area contributed by atoms with Crippen LogP contribution < -0.4 is 5.32 Å². The van der Waals surface area contributed by atoms with Gasteiger partial charge in [0.15, 0.2) is 11.6 Å². The lowest BCUT2D eigenvalue weighted by atomic mass is 10.2. The number of benzene rings is 1. The standard InChI is InChI=1S/C15H18F2N2/c1-2-8-18-10-13-6-4-9-19(13)11-12-5-3-7-14(16)15(12)17/h3-7,9,18H,2,8,10-11H2,1H3. The summed E-state index contributed by atoms with van der Waals surface area (Å²) in [6.07, 6.45) is 2.95. The molecule has 0 radical (unpaired) electrons. The molecule has 19 heavy (non-hydrogen) atoms. The molecule has 2 rings (SSSR count). The summed E-state index contributed by atoms with van der Waals surface area (Å²) in [4.78, 5) is 0. The first-order valence-corrected chi connectivity index (χ1v) is 6.50. The Morgan fingerprint density at radius 1 is 1.16 bits per heavy atom. The summed E-state index contributed by atoms with van der Waals surface area (Å²) in [6, 6.07) is 8.19. The van der Waals surface area contributed by atoms with Crippen molar-refractivity contribution in [3.8, 4) is 0 Å². The van der Waals surface area contributed by atoms with Crippen LogP contribution in [0.1, 0.15) is 24.6 Å². The summed E-state index contributed by atoms with van der Waals surface area (Å²) in [6.45, 7) is 4.13. The normalized spacial score (nSPS) is 10.9. The number of aromatic nitrogens is 1. The third-order valence-electron chi connectivity index (χ3n) is 3.03. The second-order valence-corrected chi connectivity index (χ2v) is 4.52. The van der Waals surface area contributed by atoms with Gasteiger partial charge in [-0.2, -0.15) is 0 Å². The van der Waals surface area contributed by atoms with Crippen LogP contribution in [0.5, 0.6) is 0 Å². The summed E-state index contributed by atoms with van der Waals surface area (Å²) in [7, 11) is 0. The van der Waals surface area contributed by atoms with Gasteiger partial charge >= 0.3 is 0 Å². The van der Waals surface area contributed by atoms with Crippen LogP contribution in [-0.2, 0) is 13.1 Å². The lowest BCUT2D eigenvalue weighted by Crippen LogP contribution is -2.17. The lowest BCUT2D eigenvalue weighted by molar-refractivity contribution is 0.494.